The van der Waals surface area contributed by atoms with Crippen LogP contribution in [0, 0.1) is 0 Å². The zero-order valence-electron chi connectivity index (χ0n) is 13.3. The number of carbonyl (C=O) groups is 2. The maximum atomic E-state index is 12.7. The van der Waals surface area contributed by atoms with Crippen LogP contribution in [0.2, 0.25) is 0 Å². The van der Waals surface area contributed by atoms with Crippen molar-refractivity contribution in [2.75, 3.05) is 24.6 Å². The zero-order chi connectivity index (χ0) is 16.4. The van der Waals surface area contributed by atoms with E-state index < -0.39 is 6.04 Å². The molecule has 1 unspecified atom stereocenters. The molecule has 1 aromatic carbocycles. The second kappa shape index (κ2) is 6.68. The molecular formula is C17H22N2O4. The van der Waals surface area contributed by atoms with Gasteiger partial charge in [0.1, 0.15) is 5.75 Å². The largest absolute Gasteiger partial charge is 0.494 e. The fraction of sp³-hybridized carbons (Fsp3) is 0.529. The van der Waals surface area contributed by atoms with Crippen LogP contribution in [0.5, 0.6) is 5.75 Å². The Kier molecular flexibility index (Phi) is 4.63. The number of ether oxygens (including phenoxy) is 1. The van der Waals surface area contributed by atoms with Gasteiger partial charge in [0.15, 0.2) is 0 Å². The highest BCUT2D eigenvalue weighted by atomic mass is 16.5. The lowest BCUT2D eigenvalue weighted by atomic mass is 10.1. The molecule has 1 atom stereocenters. The summed E-state index contributed by atoms with van der Waals surface area (Å²) in [6.07, 6.45) is 1.21. The summed E-state index contributed by atoms with van der Waals surface area (Å²) in [6.45, 7) is 3.72. The van der Waals surface area contributed by atoms with Crippen molar-refractivity contribution < 1.29 is 19.4 Å². The lowest BCUT2D eigenvalue weighted by Gasteiger charge is -2.32. The minimum absolute atomic E-state index is 0.181. The summed E-state index contributed by atoms with van der Waals surface area (Å²) in [5.74, 6) is 0.287. The average Bonchev–Trinajstić information content (AvgIpc) is 2.83. The van der Waals surface area contributed by atoms with E-state index in [0.717, 1.165) is 0 Å². The number of imide groups is 1. The van der Waals surface area contributed by atoms with Crippen molar-refractivity contribution in [3.63, 3.8) is 0 Å². The molecule has 2 amide bonds. The molecule has 0 saturated carbocycles. The third-order valence-corrected chi connectivity index (χ3v) is 4.45. The number of hydrogen-bond donors (Lipinski definition) is 1. The molecule has 2 saturated heterocycles. The second-order valence-electron chi connectivity index (χ2n) is 5.98. The molecular weight excluding hydrogens is 296 g/mol. The SMILES string of the molecule is CCOc1cccc(N2C(=O)CC(N3CCC(O)CC3)C2=O)c1. The van der Waals surface area contributed by atoms with E-state index in [1.807, 2.05) is 17.9 Å². The quantitative estimate of drug-likeness (QED) is 0.844. The Morgan fingerprint density at radius 2 is 2.00 bits per heavy atom. The molecule has 124 valence electrons. The van der Waals surface area contributed by atoms with Crippen LogP contribution in [0.25, 0.3) is 0 Å². The number of carbonyl (C=O) groups excluding carboxylic acids is 2. The third-order valence-electron chi connectivity index (χ3n) is 4.45. The fourth-order valence-electron chi connectivity index (χ4n) is 3.25. The first-order valence-corrected chi connectivity index (χ1v) is 8.12. The van der Waals surface area contributed by atoms with Gasteiger partial charge in [0.2, 0.25) is 5.91 Å². The smallest absolute Gasteiger partial charge is 0.251 e. The van der Waals surface area contributed by atoms with Gasteiger partial charge in [-0.25, -0.2) is 4.90 Å². The highest BCUT2D eigenvalue weighted by Crippen LogP contribution is 2.29. The first-order chi connectivity index (χ1) is 11.1. The van der Waals surface area contributed by atoms with Gasteiger partial charge in [-0.1, -0.05) is 6.07 Å². The molecule has 2 aliphatic rings. The first kappa shape index (κ1) is 16.0. The van der Waals surface area contributed by atoms with Crippen LogP contribution in [-0.2, 0) is 9.59 Å². The predicted octanol–water partition coefficient (Wildman–Crippen LogP) is 1.17. The maximum absolute atomic E-state index is 12.7. The second-order valence-corrected chi connectivity index (χ2v) is 5.98. The fourth-order valence-corrected chi connectivity index (χ4v) is 3.25. The number of nitrogens with zero attached hydrogens (tertiary/aromatic N) is 2. The molecule has 6 heteroatoms. The third kappa shape index (κ3) is 3.23. The molecule has 0 radical (unpaired) electrons. The summed E-state index contributed by atoms with van der Waals surface area (Å²) in [5, 5.41) is 9.60. The van der Waals surface area contributed by atoms with E-state index in [1.54, 1.807) is 18.2 Å². The van der Waals surface area contributed by atoms with Crippen LogP contribution in [-0.4, -0.2) is 53.7 Å². The molecule has 0 bridgehead atoms. The Bertz CT molecular complexity index is 596. The van der Waals surface area contributed by atoms with Crippen LogP contribution in [0.4, 0.5) is 5.69 Å². The van der Waals surface area contributed by atoms with E-state index in [-0.39, 0.29) is 24.3 Å². The molecule has 3 rings (SSSR count). The molecule has 1 aromatic rings. The van der Waals surface area contributed by atoms with Crippen molar-refractivity contribution in [1.29, 1.82) is 0 Å². The topological polar surface area (TPSA) is 70.1 Å². The Labute approximate surface area is 135 Å². The highest BCUT2D eigenvalue weighted by molar-refractivity contribution is 6.22. The predicted molar refractivity (Wildman–Crippen MR) is 85.3 cm³/mol. The van der Waals surface area contributed by atoms with E-state index in [1.165, 1.54) is 4.90 Å². The van der Waals surface area contributed by atoms with Crippen molar-refractivity contribution in [1.82, 2.24) is 4.90 Å². The van der Waals surface area contributed by atoms with Gasteiger partial charge in [0.25, 0.3) is 5.91 Å². The van der Waals surface area contributed by atoms with Crippen molar-refractivity contribution in [3.05, 3.63) is 24.3 Å². The summed E-state index contributed by atoms with van der Waals surface area (Å²) in [6, 6.07) is 6.65. The lowest BCUT2D eigenvalue weighted by Crippen LogP contribution is -2.46. The van der Waals surface area contributed by atoms with Crippen LogP contribution >= 0.6 is 0 Å². The molecule has 2 fully saturated rings. The Hall–Kier alpha value is -1.92. The standard InChI is InChI=1S/C17H22N2O4/c1-2-23-14-5-3-4-12(10-14)19-16(21)11-15(17(19)22)18-8-6-13(20)7-9-18/h3-5,10,13,15,20H,2,6-9,11H2,1H3. The minimum Gasteiger partial charge on any atom is -0.494 e. The van der Waals surface area contributed by atoms with Crippen LogP contribution in [0.1, 0.15) is 26.2 Å². The van der Waals surface area contributed by atoms with Crippen molar-refractivity contribution in [2.45, 2.75) is 38.3 Å². The lowest BCUT2D eigenvalue weighted by molar-refractivity contribution is -0.123. The number of piperidine rings is 1. The van der Waals surface area contributed by atoms with Crippen molar-refractivity contribution in [2.24, 2.45) is 0 Å². The van der Waals surface area contributed by atoms with E-state index in [4.69, 9.17) is 4.74 Å². The number of rotatable bonds is 4. The van der Waals surface area contributed by atoms with Crippen LogP contribution in [0.3, 0.4) is 0 Å². The summed E-state index contributed by atoms with van der Waals surface area (Å²) in [5.41, 5.74) is 0.561. The summed E-state index contributed by atoms with van der Waals surface area (Å²) in [4.78, 5) is 28.4. The van der Waals surface area contributed by atoms with E-state index >= 15 is 0 Å². The van der Waals surface area contributed by atoms with Gasteiger partial charge >= 0.3 is 0 Å². The van der Waals surface area contributed by atoms with Gasteiger partial charge in [-0.2, -0.15) is 0 Å². The average molecular weight is 318 g/mol. The first-order valence-electron chi connectivity index (χ1n) is 8.12. The van der Waals surface area contributed by atoms with Crippen molar-refractivity contribution in [3.8, 4) is 5.75 Å². The normalized spacial score (nSPS) is 23.6. The Balaban J connectivity index is 1.77. The number of aliphatic hydroxyl groups excluding tert-OH is 1. The van der Waals surface area contributed by atoms with Gasteiger partial charge in [-0.3, -0.25) is 14.5 Å². The number of hydrogen-bond acceptors (Lipinski definition) is 5. The summed E-state index contributed by atoms with van der Waals surface area (Å²) in [7, 11) is 0. The van der Waals surface area contributed by atoms with Gasteiger partial charge < -0.3 is 9.84 Å². The monoisotopic (exact) mass is 318 g/mol. The highest BCUT2D eigenvalue weighted by Gasteiger charge is 2.43. The van der Waals surface area contributed by atoms with Crippen LogP contribution < -0.4 is 9.64 Å². The molecule has 0 spiro atoms. The minimum atomic E-state index is -0.411. The molecule has 0 aliphatic carbocycles. The summed E-state index contributed by atoms with van der Waals surface area (Å²) < 4.78 is 5.44. The maximum Gasteiger partial charge on any atom is 0.251 e. The number of aliphatic hydroxyl groups is 1. The van der Waals surface area contributed by atoms with Gasteiger partial charge in [0, 0.05) is 19.2 Å². The van der Waals surface area contributed by atoms with Gasteiger partial charge in [0.05, 0.1) is 30.9 Å². The van der Waals surface area contributed by atoms with E-state index in [2.05, 4.69) is 0 Å². The molecule has 2 aliphatic heterocycles. The van der Waals surface area contributed by atoms with Gasteiger partial charge in [-0.15, -0.1) is 0 Å². The molecule has 2 heterocycles. The van der Waals surface area contributed by atoms with E-state index in [0.29, 0.717) is 44.0 Å². The molecule has 23 heavy (non-hydrogen) atoms. The molecule has 6 nitrogen and oxygen atoms in total. The van der Waals surface area contributed by atoms with Crippen LogP contribution in [0.15, 0.2) is 24.3 Å². The number of anilines is 1. The summed E-state index contributed by atoms with van der Waals surface area (Å²) >= 11 is 0. The Morgan fingerprint density at radius 1 is 1.26 bits per heavy atom. The molecule has 1 N–H and O–H groups in total. The molecule has 0 aromatic heterocycles. The Morgan fingerprint density at radius 3 is 2.70 bits per heavy atom. The van der Waals surface area contributed by atoms with E-state index in [9.17, 15) is 14.7 Å². The van der Waals surface area contributed by atoms with Crippen molar-refractivity contribution >= 4 is 17.5 Å². The number of amides is 2. The zero-order valence-corrected chi connectivity index (χ0v) is 13.3. The number of likely N-dealkylation sites (tertiary alicyclic amines) is 1. The number of benzene rings is 1. The van der Waals surface area contributed by atoms with Gasteiger partial charge in [-0.05, 0) is 31.9 Å².